The monoisotopic (exact) mass is 515 g/mol. The van der Waals surface area contributed by atoms with Crippen LogP contribution in [0.25, 0.3) is 0 Å². The first-order chi connectivity index (χ1) is 17.7. The first-order valence-electron chi connectivity index (χ1n) is 11.6. The number of alkyl halides is 3. The number of hydrogen-bond acceptors (Lipinski definition) is 7. The van der Waals surface area contributed by atoms with Gasteiger partial charge in [-0.3, -0.25) is 19.6 Å². The van der Waals surface area contributed by atoms with Gasteiger partial charge >= 0.3 is 6.18 Å². The van der Waals surface area contributed by atoms with Crippen LogP contribution in [-0.4, -0.2) is 64.2 Å². The number of fused-ring (bicyclic) bond motifs is 1. The Balaban J connectivity index is 1.20. The van der Waals surface area contributed by atoms with Gasteiger partial charge in [0.05, 0.1) is 17.4 Å². The minimum Gasteiger partial charge on any atom is -0.482 e. The van der Waals surface area contributed by atoms with Crippen LogP contribution < -0.4 is 20.3 Å². The maximum absolute atomic E-state index is 12.9. The van der Waals surface area contributed by atoms with E-state index in [4.69, 9.17) is 4.74 Å². The first-order valence-corrected chi connectivity index (χ1v) is 11.6. The zero-order chi connectivity index (χ0) is 26.2. The Hall–Kier alpha value is -4.13. The fourth-order valence-electron chi connectivity index (χ4n) is 4.46. The maximum Gasteiger partial charge on any atom is 0.417 e. The molecule has 2 aliphatic heterocycles. The van der Waals surface area contributed by atoms with Gasteiger partial charge < -0.3 is 20.3 Å². The zero-order valence-corrected chi connectivity index (χ0v) is 19.8. The second-order valence-electron chi connectivity index (χ2n) is 8.95. The summed E-state index contributed by atoms with van der Waals surface area (Å²) in [7, 11) is 0. The number of pyridine rings is 1. The molecule has 0 aliphatic carbocycles. The second kappa shape index (κ2) is 9.73. The Morgan fingerprint density at radius 2 is 2.05 bits per heavy atom. The van der Waals surface area contributed by atoms with Gasteiger partial charge in [0.2, 0.25) is 0 Å². The third-order valence-corrected chi connectivity index (χ3v) is 6.29. The summed E-state index contributed by atoms with van der Waals surface area (Å²) in [6.45, 7) is 4.20. The van der Waals surface area contributed by atoms with Crippen molar-refractivity contribution in [3.63, 3.8) is 0 Å². The van der Waals surface area contributed by atoms with Crippen LogP contribution in [0.4, 0.5) is 30.4 Å². The number of nitrogens with one attached hydrogen (secondary N) is 3. The van der Waals surface area contributed by atoms with E-state index < -0.39 is 11.7 Å². The molecule has 5 rings (SSSR count). The molecule has 1 saturated heterocycles. The normalized spacial score (nSPS) is 18.1. The SMILES string of the molecule is C[C@@H]1CN(Cc2cn[nH]c2C(=O)Nc2ccc3c(c2)OCC(=O)N3)CCN1c1ccc(C(F)(F)F)cn1. The van der Waals surface area contributed by atoms with E-state index in [0.717, 1.165) is 12.3 Å². The third-order valence-electron chi connectivity index (χ3n) is 6.29. The van der Waals surface area contributed by atoms with Gasteiger partial charge in [0.15, 0.2) is 6.61 Å². The largest absolute Gasteiger partial charge is 0.482 e. The van der Waals surface area contributed by atoms with E-state index in [2.05, 4.69) is 30.7 Å². The minimum atomic E-state index is -4.42. The van der Waals surface area contributed by atoms with Crippen LogP contribution in [-0.2, 0) is 17.5 Å². The molecule has 0 radical (unpaired) electrons. The molecule has 0 bridgehead atoms. The van der Waals surface area contributed by atoms with Gasteiger partial charge in [0, 0.05) is 55.7 Å². The van der Waals surface area contributed by atoms with Crippen molar-refractivity contribution in [2.45, 2.75) is 25.7 Å². The topological polar surface area (TPSA) is 115 Å². The molecule has 2 aromatic heterocycles. The van der Waals surface area contributed by atoms with E-state index in [-0.39, 0.29) is 24.5 Å². The van der Waals surface area contributed by atoms with E-state index in [0.29, 0.717) is 60.4 Å². The summed E-state index contributed by atoms with van der Waals surface area (Å²) in [5, 5.41) is 12.3. The maximum atomic E-state index is 12.9. The minimum absolute atomic E-state index is 0.00171. The van der Waals surface area contributed by atoms with Crippen molar-refractivity contribution >= 4 is 29.0 Å². The molecule has 2 aliphatic rings. The van der Waals surface area contributed by atoms with Crippen LogP contribution >= 0.6 is 0 Å². The van der Waals surface area contributed by atoms with Gasteiger partial charge in [-0.1, -0.05) is 0 Å². The van der Waals surface area contributed by atoms with Gasteiger partial charge in [-0.05, 0) is 31.2 Å². The molecule has 3 N–H and O–H groups in total. The molecule has 37 heavy (non-hydrogen) atoms. The molecule has 0 saturated carbocycles. The van der Waals surface area contributed by atoms with Crippen molar-refractivity contribution in [2.24, 2.45) is 0 Å². The lowest BCUT2D eigenvalue weighted by molar-refractivity contribution is -0.137. The number of piperazine rings is 1. The van der Waals surface area contributed by atoms with E-state index >= 15 is 0 Å². The smallest absolute Gasteiger partial charge is 0.417 e. The Kier molecular flexibility index (Phi) is 6.46. The quantitative estimate of drug-likeness (QED) is 0.478. The summed E-state index contributed by atoms with van der Waals surface area (Å²) in [6, 6.07) is 7.40. The van der Waals surface area contributed by atoms with E-state index in [9.17, 15) is 22.8 Å². The summed E-state index contributed by atoms with van der Waals surface area (Å²) < 4.78 is 43.9. The molecular weight excluding hydrogens is 491 g/mol. The summed E-state index contributed by atoms with van der Waals surface area (Å²) in [6.07, 6.45) is -1.96. The Bertz CT molecular complexity index is 1310. The number of carbonyl (C=O) groups excluding carboxylic acids is 2. The van der Waals surface area contributed by atoms with Crippen molar-refractivity contribution in [1.29, 1.82) is 0 Å². The van der Waals surface area contributed by atoms with Gasteiger partial charge in [-0.25, -0.2) is 4.98 Å². The van der Waals surface area contributed by atoms with Gasteiger partial charge in [-0.2, -0.15) is 18.3 Å². The lowest BCUT2D eigenvalue weighted by Gasteiger charge is -2.40. The molecule has 10 nitrogen and oxygen atoms in total. The van der Waals surface area contributed by atoms with Crippen LogP contribution in [0.15, 0.2) is 42.7 Å². The molecule has 3 aromatic rings. The highest BCUT2D eigenvalue weighted by molar-refractivity contribution is 6.04. The molecule has 1 fully saturated rings. The number of amides is 2. The highest BCUT2D eigenvalue weighted by Gasteiger charge is 2.32. The van der Waals surface area contributed by atoms with Crippen LogP contribution in [0.1, 0.15) is 28.5 Å². The van der Waals surface area contributed by atoms with Crippen molar-refractivity contribution in [1.82, 2.24) is 20.1 Å². The average molecular weight is 515 g/mol. The van der Waals surface area contributed by atoms with Crippen molar-refractivity contribution in [3.05, 3.63) is 59.5 Å². The fraction of sp³-hybridized carbons (Fsp3) is 0.333. The highest BCUT2D eigenvalue weighted by atomic mass is 19.4. The molecule has 1 aromatic carbocycles. The first kappa shape index (κ1) is 24.6. The Morgan fingerprint density at radius 3 is 2.78 bits per heavy atom. The highest BCUT2D eigenvalue weighted by Crippen LogP contribution is 2.31. The van der Waals surface area contributed by atoms with Crippen molar-refractivity contribution < 1.29 is 27.5 Å². The number of H-pyrrole nitrogens is 1. The predicted octanol–water partition coefficient (Wildman–Crippen LogP) is 3.12. The standard InChI is InChI=1S/C24H24F3N7O3/c1-14-11-33(6-7-34(14)20-5-2-16(10-28-20)24(25,26)27)12-15-9-29-32-22(15)23(36)30-17-3-4-18-19(8-17)37-13-21(35)31-18/h2-5,8-10,14H,6-7,11-13H2,1H3,(H,29,32)(H,30,36)(H,31,35)/t14-/m1/s1. The van der Waals surface area contributed by atoms with Crippen LogP contribution in [0.5, 0.6) is 5.75 Å². The van der Waals surface area contributed by atoms with Gasteiger partial charge in [-0.15, -0.1) is 0 Å². The summed E-state index contributed by atoms with van der Waals surface area (Å²) in [5.41, 5.74) is 1.31. The molecule has 0 spiro atoms. The summed E-state index contributed by atoms with van der Waals surface area (Å²) in [4.78, 5) is 32.5. The third kappa shape index (κ3) is 5.35. The fourth-order valence-corrected chi connectivity index (χ4v) is 4.46. The summed E-state index contributed by atoms with van der Waals surface area (Å²) >= 11 is 0. The number of benzene rings is 1. The number of hydrogen-bond donors (Lipinski definition) is 3. The number of rotatable bonds is 5. The molecule has 2 amide bonds. The number of nitrogens with zero attached hydrogens (tertiary/aromatic N) is 4. The number of carbonyl (C=O) groups is 2. The van der Waals surface area contributed by atoms with Crippen LogP contribution in [0.3, 0.4) is 0 Å². The lowest BCUT2D eigenvalue weighted by atomic mass is 10.1. The zero-order valence-electron chi connectivity index (χ0n) is 19.8. The number of aromatic amines is 1. The Morgan fingerprint density at radius 1 is 1.22 bits per heavy atom. The Labute approximate surface area is 209 Å². The van der Waals surface area contributed by atoms with Crippen molar-refractivity contribution in [2.75, 3.05) is 41.8 Å². The van der Waals surface area contributed by atoms with Crippen molar-refractivity contribution in [3.8, 4) is 5.75 Å². The second-order valence-corrected chi connectivity index (χ2v) is 8.95. The summed E-state index contributed by atoms with van der Waals surface area (Å²) in [5.74, 6) is 0.360. The number of anilines is 3. The molecule has 4 heterocycles. The van der Waals surface area contributed by atoms with Crippen LogP contribution in [0, 0.1) is 0 Å². The van der Waals surface area contributed by atoms with E-state index in [1.807, 2.05) is 11.8 Å². The molecule has 194 valence electrons. The van der Waals surface area contributed by atoms with Gasteiger partial charge in [0.1, 0.15) is 17.3 Å². The van der Waals surface area contributed by atoms with E-state index in [1.165, 1.54) is 6.07 Å². The molecular formula is C24H24F3N7O3. The predicted molar refractivity (Wildman–Crippen MR) is 128 cm³/mol. The number of halogens is 3. The van der Waals surface area contributed by atoms with Crippen LogP contribution in [0.2, 0.25) is 0 Å². The molecule has 0 unspecified atom stereocenters. The van der Waals surface area contributed by atoms with Gasteiger partial charge in [0.25, 0.3) is 11.8 Å². The number of ether oxygens (including phenoxy) is 1. The van der Waals surface area contributed by atoms with E-state index in [1.54, 1.807) is 24.4 Å². The number of aromatic nitrogens is 3. The lowest BCUT2D eigenvalue weighted by Crippen LogP contribution is -2.52. The average Bonchev–Trinajstić information content (AvgIpc) is 3.32. The molecule has 13 heteroatoms. The molecule has 1 atom stereocenters.